The lowest BCUT2D eigenvalue weighted by Gasteiger charge is -2.26. The summed E-state index contributed by atoms with van der Waals surface area (Å²) in [6, 6.07) is 5.00. The van der Waals surface area contributed by atoms with Crippen molar-refractivity contribution in [3.8, 4) is 5.75 Å². The van der Waals surface area contributed by atoms with Crippen LogP contribution in [-0.4, -0.2) is 42.2 Å². The molecule has 0 bridgehead atoms. The van der Waals surface area contributed by atoms with Crippen molar-refractivity contribution in [1.82, 2.24) is 4.90 Å². The average Bonchev–Trinajstić information content (AvgIpc) is 2.42. The van der Waals surface area contributed by atoms with Gasteiger partial charge in [-0.05, 0) is 50.6 Å². The van der Waals surface area contributed by atoms with Gasteiger partial charge in [0.25, 0.3) is 0 Å². The number of ether oxygens (including phenoxy) is 1. The van der Waals surface area contributed by atoms with Crippen LogP contribution in [-0.2, 0) is 0 Å². The normalized spacial score (nSPS) is 16.3. The lowest BCUT2D eigenvalue weighted by Crippen LogP contribution is -2.33. The van der Waals surface area contributed by atoms with Crippen molar-refractivity contribution >= 4 is 5.97 Å². The Kier molecular flexibility index (Phi) is 4.80. The van der Waals surface area contributed by atoms with E-state index < -0.39 is 5.97 Å². The summed E-state index contributed by atoms with van der Waals surface area (Å²) in [7, 11) is 0. The molecule has 1 saturated heterocycles. The fraction of sp³-hybridized carbons (Fsp3) is 0.533. The van der Waals surface area contributed by atoms with E-state index in [-0.39, 0.29) is 5.56 Å². The van der Waals surface area contributed by atoms with Crippen molar-refractivity contribution < 1.29 is 14.6 Å². The Bertz CT molecular complexity index is 439. The van der Waals surface area contributed by atoms with Crippen LogP contribution in [0.15, 0.2) is 18.2 Å². The quantitative estimate of drug-likeness (QED) is 0.887. The summed E-state index contributed by atoms with van der Waals surface area (Å²) >= 11 is 0. The second kappa shape index (κ2) is 6.57. The zero-order valence-electron chi connectivity index (χ0n) is 11.4. The Hall–Kier alpha value is -1.55. The summed E-state index contributed by atoms with van der Waals surface area (Å²) in [6.45, 7) is 5.76. The van der Waals surface area contributed by atoms with E-state index >= 15 is 0 Å². The first kappa shape index (κ1) is 13.9. The van der Waals surface area contributed by atoms with E-state index in [1.165, 1.54) is 19.3 Å². The topological polar surface area (TPSA) is 49.8 Å². The Morgan fingerprint density at radius 2 is 2.05 bits per heavy atom. The molecule has 1 aromatic carbocycles. The van der Waals surface area contributed by atoms with Gasteiger partial charge in [0, 0.05) is 6.54 Å². The van der Waals surface area contributed by atoms with Gasteiger partial charge in [-0.2, -0.15) is 0 Å². The number of hydrogen-bond acceptors (Lipinski definition) is 3. The van der Waals surface area contributed by atoms with Crippen LogP contribution < -0.4 is 4.74 Å². The Labute approximate surface area is 114 Å². The lowest BCUT2D eigenvalue weighted by atomic mass is 10.1. The molecule has 104 valence electrons. The van der Waals surface area contributed by atoms with Crippen LogP contribution >= 0.6 is 0 Å². The number of piperidine rings is 1. The predicted octanol–water partition coefficient (Wildman–Crippen LogP) is 2.56. The van der Waals surface area contributed by atoms with Crippen LogP contribution in [0.25, 0.3) is 0 Å². The van der Waals surface area contributed by atoms with Crippen LogP contribution in [0.3, 0.4) is 0 Å². The van der Waals surface area contributed by atoms with E-state index in [2.05, 4.69) is 4.90 Å². The molecule has 4 heteroatoms. The smallest absolute Gasteiger partial charge is 0.335 e. The third-order valence-corrected chi connectivity index (χ3v) is 3.55. The highest BCUT2D eigenvalue weighted by molar-refractivity contribution is 5.88. The molecule has 1 N–H and O–H groups in total. The monoisotopic (exact) mass is 263 g/mol. The van der Waals surface area contributed by atoms with Crippen LogP contribution in [0.4, 0.5) is 0 Å². The van der Waals surface area contributed by atoms with Crippen molar-refractivity contribution in [2.45, 2.75) is 26.2 Å². The third kappa shape index (κ3) is 3.96. The van der Waals surface area contributed by atoms with Gasteiger partial charge in [0.15, 0.2) is 0 Å². The van der Waals surface area contributed by atoms with Gasteiger partial charge < -0.3 is 9.84 Å². The first-order valence-corrected chi connectivity index (χ1v) is 6.86. The zero-order valence-corrected chi connectivity index (χ0v) is 11.4. The molecule has 0 radical (unpaired) electrons. The fourth-order valence-corrected chi connectivity index (χ4v) is 2.36. The second-order valence-electron chi connectivity index (χ2n) is 5.04. The summed E-state index contributed by atoms with van der Waals surface area (Å²) in [5.74, 6) is -0.238. The Morgan fingerprint density at radius 1 is 1.32 bits per heavy atom. The average molecular weight is 263 g/mol. The van der Waals surface area contributed by atoms with Gasteiger partial charge in [0.05, 0.1) is 5.56 Å². The minimum atomic E-state index is -0.916. The molecule has 0 aromatic heterocycles. The third-order valence-electron chi connectivity index (χ3n) is 3.55. The number of aryl methyl sites for hydroxylation is 1. The van der Waals surface area contributed by atoms with Gasteiger partial charge in [0.1, 0.15) is 12.4 Å². The first-order chi connectivity index (χ1) is 9.16. The highest BCUT2D eigenvalue weighted by Gasteiger charge is 2.11. The molecule has 0 spiro atoms. The number of carbonyl (C=O) groups is 1. The van der Waals surface area contributed by atoms with Crippen LogP contribution in [0.2, 0.25) is 0 Å². The molecule has 0 amide bonds. The molecule has 0 aliphatic carbocycles. The van der Waals surface area contributed by atoms with Gasteiger partial charge in [-0.1, -0.05) is 12.5 Å². The molecule has 0 unspecified atom stereocenters. The Morgan fingerprint density at radius 3 is 2.74 bits per heavy atom. The van der Waals surface area contributed by atoms with Crippen LogP contribution in [0, 0.1) is 6.92 Å². The molecule has 2 rings (SSSR count). The van der Waals surface area contributed by atoms with E-state index in [0.29, 0.717) is 12.4 Å². The predicted molar refractivity (Wildman–Crippen MR) is 73.9 cm³/mol. The molecule has 1 aliphatic heterocycles. The molecule has 0 atom stereocenters. The van der Waals surface area contributed by atoms with Gasteiger partial charge in [-0.3, -0.25) is 4.90 Å². The number of carboxylic acids is 1. The van der Waals surface area contributed by atoms with E-state index in [4.69, 9.17) is 9.84 Å². The summed E-state index contributed by atoms with van der Waals surface area (Å²) in [5.41, 5.74) is 1.25. The molecule has 1 heterocycles. The lowest BCUT2D eigenvalue weighted by molar-refractivity contribution is 0.0696. The highest BCUT2D eigenvalue weighted by atomic mass is 16.5. The molecular weight excluding hydrogens is 242 g/mol. The van der Waals surface area contributed by atoms with Crippen molar-refractivity contribution in [3.63, 3.8) is 0 Å². The largest absolute Gasteiger partial charge is 0.492 e. The van der Waals surface area contributed by atoms with E-state index in [1.54, 1.807) is 18.2 Å². The first-order valence-electron chi connectivity index (χ1n) is 6.86. The number of likely N-dealkylation sites (tertiary alicyclic amines) is 1. The molecule has 4 nitrogen and oxygen atoms in total. The zero-order chi connectivity index (χ0) is 13.7. The molecule has 1 fully saturated rings. The number of benzene rings is 1. The number of carboxylic acid groups (broad SMARTS) is 1. The maximum atomic E-state index is 10.9. The van der Waals surface area contributed by atoms with Crippen molar-refractivity contribution in [2.75, 3.05) is 26.2 Å². The van der Waals surface area contributed by atoms with Gasteiger partial charge in [-0.15, -0.1) is 0 Å². The molecule has 0 saturated carbocycles. The van der Waals surface area contributed by atoms with E-state index in [0.717, 1.165) is 25.2 Å². The maximum absolute atomic E-state index is 10.9. The Balaban J connectivity index is 1.87. The maximum Gasteiger partial charge on any atom is 0.335 e. The molecular formula is C15H21NO3. The van der Waals surface area contributed by atoms with Crippen molar-refractivity contribution in [2.24, 2.45) is 0 Å². The number of hydrogen-bond donors (Lipinski definition) is 1. The highest BCUT2D eigenvalue weighted by Crippen LogP contribution is 2.19. The summed E-state index contributed by atoms with van der Waals surface area (Å²) in [4.78, 5) is 13.3. The standard InChI is InChI=1S/C15H21NO3/c1-12-5-6-13(15(17)18)11-14(12)19-10-9-16-7-3-2-4-8-16/h5-6,11H,2-4,7-10H2,1H3,(H,17,18). The molecule has 19 heavy (non-hydrogen) atoms. The fourth-order valence-electron chi connectivity index (χ4n) is 2.36. The van der Waals surface area contributed by atoms with Crippen molar-refractivity contribution in [3.05, 3.63) is 29.3 Å². The SMILES string of the molecule is Cc1ccc(C(=O)O)cc1OCCN1CCCCC1. The number of aromatic carboxylic acids is 1. The minimum absolute atomic E-state index is 0.276. The van der Waals surface area contributed by atoms with E-state index in [9.17, 15) is 4.79 Å². The van der Waals surface area contributed by atoms with Gasteiger partial charge in [-0.25, -0.2) is 4.79 Å². The van der Waals surface area contributed by atoms with Crippen LogP contribution in [0.5, 0.6) is 5.75 Å². The molecule has 1 aliphatic rings. The second-order valence-corrected chi connectivity index (χ2v) is 5.04. The summed E-state index contributed by atoms with van der Waals surface area (Å²) < 4.78 is 5.73. The number of rotatable bonds is 5. The number of nitrogens with zero attached hydrogens (tertiary/aromatic N) is 1. The van der Waals surface area contributed by atoms with E-state index in [1.807, 2.05) is 6.92 Å². The van der Waals surface area contributed by atoms with Crippen molar-refractivity contribution in [1.29, 1.82) is 0 Å². The van der Waals surface area contributed by atoms with Crippen LogP contribution in [0.1, 0.15) is 35.2 Å². The summed E-state index contributed by atoms with van der Waals surface area (Å²) in [6.07, 6.45) is 3.87. The summed E-state index contributed by atoms with van der Waals surface area (Å²) in [5, 5.41) is 8.97. The molecule has 1 aromatic rings. The van der Waals surface area contributed by atoms with Gasteiger partial charge >= 0.3 is 5.97 Å². The van der Waals surface area contributed by atoms with Gasteiger partial charge in [0.2, 0.25) is 0 Å². The minimum Gasteiger partial charge on any atom is -0.492 e.